The lowest BCUT2D eigenvalue weighted by Gasteiger charge is -2.40. The number of hydrogen-bond acceptors (Lipinski definition) is 7. The molecular weight excluding hydrogens is 614 g/mol. The van der Waals surface area contributed by atoms with Gasteiger partial charge in [-0.3, -0.25) is 9.59 Å². The lowest BCUT2D eigenvalue weighted by molar-refractivity contribution is -0.124. The molecule has 2 fully saturated rings. The van der Waals surface area contributed by atoms with Crippen molar-refractivity contribution < 1.29 is 28.2 Å². The maximum absolute atomic E-state index is 15.7. The number of halogens is 1. The lowest BCUT2D eigenvalue weighted by Crippen LogP contribution is -2.51. The fourth-order valence-corrected chi connectivity index (χ4v) is 8.32. The van der Waals surface area contributed by atoms with Crippen molar-refractivity contribution in [1.82, 2.24) is 4.90 Å². The highest BCUT2D eigenvalue weighted by Gasteiger charge is 2.45. The van der Waals surface area contributed by atoms with Gasteiger partial charge in [-0.1, -0.05) is 18.2 Å². The van der Waals surface area contributed by atoms with Gasteiger partial charge in [0.25, 0.3) is 0 Å². The van der Waals surface area contributed by atoms with E-state index in [1.807, 2.05) is 68.1 Å². The van der Waals surface area contributed by atoms with E-state index in [1.54, 1.807) is 16.9 Å². The number of nitrogens with zero attached hydrogens (tertiary/aromatic N) is 3. The molecule has 6 rings (SSSR count). The third-order valence-corrected chi connectivity index (χ3v) is 10.6. The van der Waals surface area contributed by atoms with Gasteiger partial charge in [0.05, 0.1) is 17.4 Å². The number of carbonyl (C=O) groups is 3. The van der Waals surface area contributed by atoms with E-state index in [4.69, 9.17) is 9.47 Å². The average molecular weight is 654 g/mol. The molecule has 11 heteroatoms. The van der Waals surface area contributed by atoms with Crippen LogP contribution in [0.4, 0.5) is 20.6 Å². The molecule has 2 aromatic carbocycles. The molecule has 8 nitrogen and oxygen atoms in total. The maximum atomic E-state index is 15.7. The van der Waals surface area contributed by atoms with E-state index in [0.29, 0.717) is 43.9 Å². The summed E-state index contributed by atoms with van der Waals surface area (Å²) < 4.78 is 27.5. The summed E-state index contributed by atoms with van der Waals surface area (Å²) in [6.45, 7) is 7.03. The van der Waals surface area contributed by atoms with Gasteiger partial charge in [-0.05, 0) is 76.1 Å². The van der Waals surface area contributed by atoms with Crippen LogP contribution in [0.3, 0.4) is 0 Å². The van der Waals surface area contributed by atoms with E-state index in [1.165, 1.54) is 11.8 Å². The molecule has 1 saturated heterocycles. The number of anilines is 2. The van der Waals surface area contributed by atoms with Gasteiger partial charge in [0.1, 0.15) is 5.60 Å². The Morgan fingerprint density at radius 1 is 1.11 bits per heavy atom. The van der Waals surface area contributed by atoms with E-state index in [2.05, 4.69) is 0 Å². The summed E-state index contributed by atoms with van der Waals surface area (Å²) in [6, 6.07) is 13.5. The van der Waals surface area contributed by atoms with Gasteiger partial charge in [0.2, 0.25) is 11.8 Å². The van der Waals surface area contributed by atoms with Crippen molar-refractivity contribution in [1.29, 1.82) is 0 Å². The van der Waals surface area contributed by atoms with Crippen molar-refractivity contribution in [2.75, 3.05) is 48.9 Å². The molecule has 3 amide bonds. The van der Waals surface area contributed by atoms with E-state index in [-0.39, 0.29) is 29.5 Å². The fourth-order valence-electron chi connectivity index (χ4n) is 6.40. The Balaban J connectivity index is 1.37. The van der Waals surface area contributed by atoms with Crippen molar-refractivity contribution in [3.63, 3.8) is 0 Å². The zero-order valence-corrected chi connectivity index (χ0v) is 27.8. The minimum absolute atomic E-state index is 0.00561. The van der Waals surface area contributed by atoms with E-state index in [0.717, 1.165) is 50.5 Å². The highest BCUT2D eigenvalue weighted by atomic mass is 32.2. The van der Waals surface area contributed by atoms with Crippen molar-refractivity contribution in [3.05, 3.63) is 53.2 Å². The SMILES string of the molecule is COCCCN1C(=O)CSc2ccc(N(C(=O)[C@H]3CN(C(=O)OC(C)(C)C)CC[C@@H]3c3c(F)sc4ccccc34)C3CC3)cc21. The molecule has 0 N–H and O–H groups in total. The predicted molar refractivity (Wildman–Crippen MR) is 177 cm³/mol. The normalized spacial score (nSPS) is 20.3. The molecule has 2 atom stereocenters. The van der Waals surface area contributed by atoms with Crippen molar-refractivity contribution in [2.45, 2.75) is 68.9 Å². The molecule has 45 heavy (non-hydrogen) atoms. The second-order valence-corrected chi connectivity index (χ2v) is 15.0. The predicted octanol–water partition coefficient (Wildman–Crippen LogP) is 7.05. The van der Waals surface area contributed by atoms with Crippen LogP contribution in [0.1, 0.15) is 57.9 Å². The second-order valence-electron chi connectivity index (χ2n) is 13.0. The first-order valence-electron chi connectivity index (χ1n) is 15.6. The highest BCUT2D eigenvalue weighted by Crippen LogP contribution is 2.46. The Hall–Kier alpha value is -3.15. The monoisotopic (exact) mass is 653 g/mol. The van der Waals surface area contributed by atoms with Gasteiger partial charge in [0, 0.05) is 66.2 Å². The van der Waals surface area contributed by atoms with Crippen LogP contribution in [0.25, 0.3) is 10.1 Å². The number of fused-ring (bicyclic) bond motifs is 2. The molecule has 240 valence electrons. The summed E-state index contributed by atoms with van der Waals surface area (Å²) in [7, 11) is 1.65. The molecule has 0 bridgehead atoms. The fraction of sp³-hybridized carbons (Fsp3) is 0.500. The van der Waals surface area contributed by atoms with Crippen molar-refractivity contribution in [3.8, 4) is 0 Å². The quantitative estimate of drug-likeness (QED) is 0.243. The zero-order valence-electron chi connectivity index (χ0n) is 26.2. The number of carbonyl (C=O) groups excluding carboxylic acids is 3. The molecule has 1 saturated carbocycles. The molecule has 0 spiro atoms. The Bertz CT molecular complexity index is 1600. The van der Waals surface area contributed by atoms with Gasteiger partial charge < -0.3 is 24.2 Å². The summed E-state index contributed by atoms with van der Waals surface area (Å²) in [4.78, 5) is 47.3. The van der Waals surface area contributed by atoms with Crippen molar-refractivity contribution >= 4 is 62.5 Å². The third kappa shape index (κ3) is 6.71. The number of rotatable bonds is 8. The first kappa shape index (κ1) is 31.8. The molecule has 0 radical (unpaired) electrons. The standard InChI is InChI=1S/C34H40FN3O5S2/c1-34(2,3)43-33(41)36-16-14-23(30-24-8-5-6-9-27(24)45-31(30)35)25(19-36)32(40)38(21-10-11-21)22-12-13-28-26(18-22)37(15-7-17-42-4)29(39)20-44-28/h5-6,8-9,12-13,18,21,23,25H,7,10-11,14-17,19-20H2,1-4H3/t23-,25-/m0/s1. The molecular formula is C34H40FN3O5S2. The number of likely N-dealkylation sites (tertiary alicyclic amines) is 1. The average Bonchev–Trinajstić information content (AvgIpc) is 3.78. The van der Waals surface area contributed by atoms with Crippen molar-refractivity contribution in [2.24, 2.45) is 5.92 Å². The van der Waals surface area contributed by atoms with Gasteiger partial charge in [-0.15, -0.1) is 23.1 Å². The number of hydrogen-bond donors (Lipinski definition) is 0. The number of piperidine rings is 1. The van der Waals surface area contributed by atoms with Crippen LogP contribution in [0.15, 0.2) is 47.4 Å². The number of amides is 3. The molecule has 2 aliphatic heterocycles. The number of benzene rings is 2. The maximum Gasteiger partial charge on any atom is 0.410 e. The lowest BCUT2D eigenvalue weighted by atomic mass is 9.79. The highest BCUT2D eigenvalue weighted by molar-refractivity contribution is 8.00. The molecule has 0 unspecified atom stereocenters. The van der Waals surface area contributed by atoms with E-state index in [9.17, 15) is 14.4 Å². The molecule has 3 heterocycles. The van der Waals surface area contributed by atoms with Gasteiger partial charge in [0.15, 0.2) is 5.13 Å². The summed E-state index contributed by atoms with van der Waals surface area (Å²) >= 11 is 2.61. The van der Waals surface area contributed by atoms with Crippen LogP contribution < -0.4 is 9.80 Å². The Morgan fingerprint density at radius 3 is 2.62 bits per heavy atom. The Kier molecular flexibility index (Phi) is 9.14. The van der Waals surface area contributed by atoms with Crippen LogP contribution in [0.2, 0.25) is 0 Å². The zero-order chi connectivity index (χ0) is 31.9. The number of thioether (sulfide) groups is 1. The van der Waals surface area contributed by atoms with Gasteiger partial charge >= 0.3 is 6.09 Å². The summed E-state index contributed by atoms with van der Waals surface area (Å²) in [5.41, 5.74) is 1.40. The first-order valence-corrected chi connectivity index (χ1v) is 17.4. The second kappa shape index (κ2) is 12.9. The minimum Gasteiger partial charge on any atom is -0.444 e. The first-order chi connectivity index (χ1) is 21.6. The molecule has 1 aromatic heterocycles. The molecule has 3 aliphatic rings. The minimum atomic E-state index is -0.684. The summed E-state index contributed by atoms with van der Waals surface area (Å²) in [5, 5.41) is 0.543. The van der Waals surface area contributed by atoms with Crippen LogP contribution in [-0.4, -0.2) is 73.6 Å². The molecule has 1 aliphatic carbocycles. The van der Waals surface area contributed by atoms with Crippen LogP contribution in [-0.2, 0) is 19.1 Å². The van der Waals surface area contributed by atoms with Crippen LogP contribution in [0, 0.1) is 11.0 Å². The Morgan fingerprint density at radius 2 is 1.89 bits per heavy atom. The van der Waals surface area contributed by atoms with Crippen LogP contribution >= 0.6 is 23.1 Å². The smallest absolute Gasteiger partial charge is 0.410 e. The number of methoxy groups -OCH3 is 1. The number of thiophene rings is 1. The summed E-state index contributed by atoms with van der Waals surface area (Å²) in [6.07, 6.45) is 2.39. The Labute approximate surface area is 271 Å². The van der Waals surface area contributed by atoms with E-state index >= 15 is 4.39 Å². The summed E-state index contributed by atoms with van der Waals surface area (Å²) in [5.74, 6) is -0.816. The van der Waals surface area contributed by atoms with E-state index < -0.39 is 23.5 Å². The number of ether oxygens (including phenoxy) is 2. The third-order valence-electron chi connectivity index (χ3n) is 8.58. The van der Waals surface area contributed by atoms with Gasteiger partial charge in [-0.2, -0.15) is 4.39 Å². The largest absolute Gasteiger partial charge is 0.444 e. The topological polar surface area (TPSA) is 79.4 Å². The molecule has 3 aromatic rings. The van der Waals surface area contributed by atoms with Crippen LogP contribution in [0.5, 0.6) is 0 Å². The van der Waals surface area contributed by atoms with Gasteiger partial charge in [-0.25, -0.2) is 4.79 Å².